The van der Waals surface area contributed by atoms with Crippen LogP contribution in [0.5, 0.6) is 0 Å². The molecule has 7 nitrogen and oxygen atoms in total. The van der Waals surface area contributed by atoms with Crippen LogP contribution in [-0.4, -0.2) is 45.1 Å². The van der Waals surface area contributed by atoms with Crippen molar-refractivity contribution in [2.75, 3.05) is 28.9 Å². The van der Waals surface area contributed by atoms with Gasteiger partial charge in [-0.1, -0.05) is 45.5 Å². The first-order valence-corrected chi connectivity index (χ1v) is 15.2. The van der Waals surface area contributed by atoms with E-state index < -0.39 is 10.0 Å². The lowest BCUT2D eigenvalue weighted by Crippen LogP contribution is -2.37. The molecule has 37 heavy (non-hydrogen) atoms. The van der Waals surface area contributed by atoms with Crippen LogP contribution < -0.4 is 9.21 Å². The Bertz CT molecular complexity index is 1580. The summed E-state index contributed by atoms with van der Waals surface area (Å²) in [6, 6.07) is 19.6. The number of hydrogen-bond acceptors (Lipinski definition) is 6. The summed E-state index contributed by atoms with van der Waals surface area (Å²) >= 11 is 4.95. The highest BCUT2D eigenvalue weighted by Gasteiger charge is 2.31. The summed E-state index contributed by atoms with van der Waals surface area (Å²) in [6.07, 6.45) is 2.47. The number of rotatable bonds is 6. The van der Waals surface area contributed by atoms with E-state index in [1.807, 2.05) is 42.5 Å². The van der Waals surface area contributed by atoms with Gasteiger partial charge in [0.1, 0.15) is 0 Å². The fourth-order valence-corrected chi connectivity index (χ4v) is 7.88. The van der Waals surface area contributed by atoms with E-state index in [-0.39, 0.29) is 16.9 Å². The molecule has 3 heterocycles. The third kappa shape index (κ3) is 4.67. The topological polar surface area (TPSA) is 79.8 Å². The van der Waals surface area contributed by atoms with Crippen LogP contribution in [0.3, 0.4) is 0 Å². The number of aromatic nitrogens is 1. The molecule has 0 bridgehead atoms. The van der Waals surface area contributed by atoms with Gasteiger partial charge in [-0.15, -0.1) is 0 Å². The number of halogens is 1. The summed E-state index contributed by atoms with van der Waals surface area (Å²) in [6.45, 7) is 1.49. The number of carbonyl (C=O) groups is 1. The summed E-state index contributed by atoms with van der Waals surface area (Å²) in [4.78, 5) is 20.3. The molecule has 190 valence electrons. The average molecular weight is 599 g/mol. The Morgan fingerprint density at radius 1 is 1.14 bits per heavy atom. The molecule has 1 atom stereocenters. The second-order valence-electron chi connectivity index (χ2n) is 9.14. The number of para-hydroxylation sites is 1. The Kier molecular flexibility index (Phi) is 6.52. The van der Waals surface area contributed by atoms with Crippen molar-refractivity contribution in [3.63, 3.8) is 0 Å². The zero-order chi connectivity index (χ0) is 25.6. The molecule has 0 spiro atoms. The molecular formula is C27H24BrN3O4S2. The number of ether oxygens (including phenoxy) is 1. The minimum absolute atomic E-state index is 0.0578. The monoisotopic (exact) mass is 597 g/mol. The number of fused-ring (bicyclic) bond motifs is 2. The number of amides is 1. The minimum Gasteiger partial charge on any atom is -0.376 e. The first-order valence-electron chi connectivity index (χ1n) is 12.1. The zero-order valence-corrected chi connectivity index (χ0v) is 23.1. The molecule has 1 saturated heterocycles. The minimum atomic E-state index is -3.73. The van der Waals surface area contributed by atoms with Crippen LogP contribution in [0.15, 0.2) is 76.1 Å². The molecule has 1 aromatic heterocycles. The van der Waals surface area contributed by atoms with E-state index in [0.29, 0.717) is 42.5 Å². The molecule has 1 amide bonds. The summed E-state index contributed by atoms with van der Waals surface area (Å²) < 4.78 is 36.0. The fraction of sp³-hybridized carbons (Fsp3) is 0.259. The number of nitrogens with zero attached hydrogens (tertiary/aromatic N) is 3. The molecule has 1 unspecified atom stereocenters. The van der Waals surface area contributed by atoms with Crippen molar-refractivity contribution >= 4 is 64.2 Å². The van der Waals surface area contributed by atoms with Gasteiger partial charge < -0.3 is 4.74 Å². The summed E-state index contributed by atoms with van der Waals surface area (Å²) in [5.74, 6) is -0.232. The second kappa shape index (κ2) is 9.83. The van der Waals surface area contributed by atoms with Gasteiger partial charge >= 0.3 is 0 Å². The normalized spacial score (nSPS) is 17.3. The van der Waals surface area contributed by atoms with E-state index in [4.69, 9.17) is 9.72 Å². The third-order valence-corrected chi connectivity index (χ3v) is 10.1. The first-order chi connectivity index (χ1) is 17.9. The van der Waals surface area contributed by atoms with E-state index in [1.54, 1.807) is 17.0 Å². The zero-order valence-electron chi connectivity index (χ0n) is 19.8. The smallest absolute Gasteiger partial charge is 0.264 e. The molecule has 0 radical (unpaired) electrons. The van der Waals surface area contributed by atoms with Crippen LogP contribution in [0.1, 0.15) is 28.8 Å². The lowest BCUT2D eigenvalue weighted by molar-refractivity contribution is 0.0917. The van der Waals surface area contributed by atoms with Gasteiger partial charge in [0.25, 0.3) is 15.9 Å². The summed E-state index contributed by atoms with van der Waals surface area (Å²) in [7, 11) is -3.73. The van der Waals surface area contributed by atoms with E-state index >= 15 is 0 Å². The Morgan fingerprint density at radius 2 is 1.95 bits per heavy atom. The second-order valence-corrected chi connectivity index (χ2v) is 12.9. The van der Waals surface area contributed by atoms with Crippen LogP contribution in [0.2, 0.25) is 0 Å². The van der Waals surface area contributed by atoms with Crippen molar-refractivity contribution in [3.8, 4) is 0 Å². The average Bonchev–Trinajstić information content (AvgIpc) is 3.66. The van der Waals surface area contributed by atoms with Gasteiger partial charge in [0.05, 0.1) is 33.4 Å². The largest absolute Gasteiger partial charge is 0.376 e. The molecule has 0 aliphatic carbocycles. The number of carbonyl (C=O) groups excluding carboxylic acids is 1. The maximum atomic E-state index is 13.7. The molecule has 10 heteroatoms. The number of hydrogen-bond donors (Lipinski definition) is 0. The van der Waals surface area contributed by atoms with Crippen molar-refractivity contribution in [3.05, 3.63) is 82.3 Å². The van der Waals surface area contributed by atoms with Gasteiger partial charge in [0.2, 0.25) is 0 Å². The Hall–Kier alpha value is -2.79. The molecule has 0 N–H and O–H groups in total. The van der Waals surface area contributed by atoms with Crippen molar-refractivity contribution < 1.29 is 17.9 Å². The molecule has 0 saturated carbocycles. The lowest BCUT2D eigenvalue weighted by Gasteiger charge is -2.23. The predicted molar refractivity (Wildman–Crippen MR) is 149 cm³/mol. The summed E-state index contributed by atoms with van der Waals surface area (Å²) in [5, 5.41) is 0.596. The highest BCUT2D eigenvalue weighted by Crippen LogP contribution is 2.34. The predicted octanol–water partition coefficient (Wildman–Crippen LogP) is 5.64. The van der Waals surface area contributed by atoms with Crippen LogP contribution >= 0.6 is 27.3 Å². The summed E-state index contributed by atoms with van der Waals surface area (Å²) in [5.41, 5.74) is 2.96. The van der Waals surface area contributed by atoms with Crippen LogP contribution in [-0.2, 0) is 21.2 Å². The van der Waals surface area contributed by atoms with Crippen LogP contribution in [0.25, 0.3) is 10.2 Å². The van der Waals surface area contributed by atoms with E-state index in [9.17, 15) is 13.2 Å². The Morgan fingerprint density at radius 3 is 2.73 bits per heavy atom. The number of thiazole rings is 1. The SMILES string of the molecule is O=C(c1ccc(S(=O)(=O)N2CCc3ccccc32)cc1)N(CC1CCCO1)c1nc2ccc(Br)cc2s1. The van der Waals surface area contributed by atoms with Crippen molar-refractivity contribution in [1.82, 2.24) is 4.98 Å². The molecule has 4 aromatic rings. The van der Waals surface area contributed by atoms with Gasteiger partial charge in [-0.05, 0) is 73.4 Å². The number of benzene rings is 3. The molecule has 3 aromatic carbocycles. The molecule has 1 fully saturated rings. The number of sulfonamides is 1. The molecular weight excluding hydrogens is 574 g/mol. The first kappa shape index (κ1) is 24.5. The maximum absolute atomic E-state index is 13.7. The van der Waals surface area contributed by atoms with Gasteiger partial charge in [0, 0.05) is 23.2 Å². The van der Waals surface area contributed by atoms with Crippen LogP contribution in [0, 0.1) is 0 Å². The Balaban J connectivity index is 1.30. The van der Waals surface area contributed by atoms with Crippen molar-refractivity contribution in [2.45, 2.75) is 30.3 Å². The highest BCUT2D eigenvalue weighted by atomic mass is 79.9. The van der Waals surface area contributed by atoms with Crippen molar-refractivity contribution in [2.24, 2.45) is 0 Å². The van der Waals surface area contributed by atoms with Gasteiger partial charge in [-0.3, -0.25) is 14.0 Å². The van der Waals surface area contributed by atoms with Gasteiger partial charge in [-0.2, -0.15) is 0 Å². The number of anilines is 2. The third-order valence-electron chi connectivity index (χ3n) is 6.76. The lowest BCUT2D eigenvalue weighted by atomic mass is 10.2. The van der Waals surface area contributed by atoms with E-state index in [0.717, 1.165) is 33.1 Å². The Labute approximate surface area is 227 Å². The maximum Gasteiger partial charge on any atom is 0.264 e. The van der Waals surface area contributed by atoms with E-state index in [1.165, 1.54) is 27.8 Å². The fourth-order valence-electron chi connectivity index (χ4n) is 4.85. The van der Waals surface area contributed by atoms with Crippen molar-refractivity contribution in [1.29, 1.82) is 0 Å². The van der Waals surface area contributed by atoms with Crippen LogP contribution in [0.4, 0.5) is 10.8 Å². The van der Waals surface area contributed by atoms with Gasteiger partial charge in [-0.25, -0.2) is 13.4 Å². The van der Waals surface area contributed by atoms with E-state index in [2.05, 4.69) is 15.9 Å². The molecule has 2 aliphatic heterocycles. The molecule has 2 aliphatic rings. The standard InChI is InChI=1S/C27H24BrN3O4S2/c28-20-9-12-23-25(16-20)36-27(29-23)30(17-21-5-3-15-35-21)26(32)19-7-10-22(11-8-19)37(33,34)31-14-13-18-4-1-2-6-24(18)31/h1-2,4,6-12,16,21H,3,5,13-15,17H2. The highest BCUT2D eigenvalue weighted by molar-refractivity contribution is 9.10. The van der Waals surface area contributed by atoms with Gasteiger partial charge in [0.15, 0.2) is 5.13 Å². The quantitative estimate of drug-likeness (QED) is 0.287. The molecule has 6 rings (SSSR count).